The first-order valence-corrected chi connectivity index (χ1v) is 5.37. The lowest BCUT2D eigenvalue weighted by Gasteiger charge is -2.09. The van der Waals surface area contributed by atoms with E-state index in [1.165, 1.54) is 4.57 Å². The van der Waals surface area contributed by atoms with Gasteiger partial charge in [-0.05, 0) is 26.0 Å². The average molecular weight is 237 g/mol. The van der Waals surface area contributed by atoms with Crippen LogP contribution in [0, 0.1) is 18.6 Å². The van der Waals surface area contributed by atoms with Crippen molar-refractivity contribution in [2.75, 3.05) is 11.9 Å². The Morgan fingerprint density at radius 3 is 2.82 bits per heavy atom. The van der Waals surface area contributed by atoms with Crippen LogP contribution in [0.15, 0.2) is 24.4 Å². The molecule has 1 aromatic carbocycles. The van der Waals surface area contributed by atoms with E-state index >= 15 is 0 Å². The molecule has 17 heavy (non-hydrogen) atoms. The van der Waals surface area contributed by atoms with E-state index in [9.17, 15) is 8.78 Å². The molecule has 0 unspecified atom stereocenters. The van der Waals surface area contributed by atoms with Gasteiger partial charge in [0.05, 0.1) is 11.4 Å². The minimum Gasteiger partial charge on any atom is -0.356 e. The molecule has 0 amide bonds. The molecule has 0 aliphatic heterocycles. The van der Waals surface area contributed by atoms with Gasteiger partial charge >= 0.3 is 0 Å². The maximum absolute atomic E-state index is 13.6. The Morgan fingerprint density at radius 1 is 1.35 bits per heavy atom. The Balaban J connectivity index is 2.55. The fourth-order valence-corrected chi connectivity index (χ4v) is 1.63. The molecule has 1 heterocycles. The van der Waals surface area contributed by atoms with Gasteiger partial charge in [-0.25, -0.2) is 13.8 Å². The number of aryl methyl sites for hydroxylation is 1. The molecule has 0 saturated carbocycles. The lowest BCUT2D eigenvalue weighted by atomic mass is 10.3. The first-order chi connectivity index (χ1) is 8.11. The summed E-state index contributed by atoms with van der Waals surface area (Å²) in [5, 5.41) is 3.00. The number of benzene rings is 1. The number of nitrogens with zero attached hydrogens (tertiary/aromatic N) is 2. The molecule has 0 atom stereocenters. The predicted octanol–water partition coefficient (Wildman–Crippen LogP) is 2.89. The predicted molar refractivity (Wildman–Crippen MR) is 62.4 cm³/mol. The zero-order chi connectivity index (χ0) is 12.4. The summed E-state index contributed by atoms with van der Waals surface area (Å²) in [5.74, 6) is -0.451. The topological polar surface area (TPSA) is 29.9 Å². The fourth-order valence-electron chi connectivity index (χ4n) is 1.63. The molecule has 0 bridgehead atoms. The van der Waals surface area contributed by atoms with Crippen molar-refractivity contribution >= 4 is 5.95 Å². The summed E-state index contributed by atoms with van der Waals surface area (Å²) in [6.07, 6.45) is 1.66. The van der Waals surface area contributed by atoms with Crippen LogP contribution < -0.4 is 5.32 Å². The second-order valence-electron chi connectivity index (χ2n) is 3.70. The van der Waals surface area contributed by atoms with Crippen molar-refractivity contribution < 1.29 is 8.78 Å². The lowest BCUT2D eigenvalue weighted by Crippen LogP contribution is -2.06. The van der Waals surface area contributed by atoms with Gasteiger partial charge < -0.3 is 5.32 Å². The molecule has 0 radical (unpaired) electrons. The minimum atomic E-state index is -0.483. The molecule has 0 spiro atoms. The standard InChI is InChI=1S/C12H13F2N3/c1-3-15-12-16-8(2)7-17(12)11-6-9(13)4-5-10(11)14/h4-7H,3H2,1-2H3,(H,15,16). The van der Waals surface area contributed by atoms with Gasteiger partial charge in [-0.15, -0.1) is 0 Å². The van der Waals surface area contributed by atoms with Gasteiger partial charge in [0.1, 0.15) is 11.6 Å². The lowest BCUT2D eigenvalue weighted by molar-refractivity contribution is 0.593. The van der Waals surface area contributed by atoms with Gasteiger partial charge in [-0.1, -0.05) is 0 Å². The van der Waals surface area contributed by atoms with Crippen molar-refractivity contribution in [3.63, 3.8) is 0 Å². The summed E-state index contributed by atoms with van der Waals surface area (Å²) < 4.78 is 28.3. The zero-order valence-corrected chi connectivity index (χ0v) is 9.67. The van der Waals surface area contributed by atoms with Crippen LogP contribution in [0.25, 0.3) is 5.69 Å². The Morgan fingerprint density at radius 2 is 2.12 bits per heavy atom. The number of rotatable bonds is 3. The van der Waals surface area contributed by atoms with Crippen molar-refractivity contribution in [3.05, 3.63) is 41.7 Å². The molecule has 0 fully saturated rings. The summed E-state index contributed by atoms with van der Waals surface area (Å²) in [7, 11) is 0. The Kier molecular flexibility index (Phi) is 3.08. The molecule has 0 aliphatic carbocycles. The molecular weight excluding hydrogens is 224 g/mol. The van der Waals surface area contributed by atoms with E-state index in [-0.39, 0.29) is 5.69 Å². The van der Waals surface area contributed by atoms with E-state index in [2.05, 4.69) is 10.3 Å². The molecule has 1 aromatic heterocycles. The third-order valence-electron chi connectivity index (χ3n) is 2.33. The van der Waals surface area contributed by atoms with Crippen LogP contribution in [-0.2, 0) is 0 Å². The van der Waals surface area contributed by atoms with Crippen molar-refractivity contribution in [3.8, 4) is 5.69 Å². The first-order valence-electron chi connectivity index (χ1n) is 5.37. The summed E-state index contributed by atoms with van der Waals surface area (Å²) in [6, 6.07) is 3.35. The number of hydrogen-bond acceptors (Lipinski definition) is 2. The first kappa shape index (κ1) is 11.6. The van der Waals surface area contributed by atoms with Gasteiger partial charge in [0.2, 0.25) is 5.95 Å². The van der Waals surface area contributed by atoms with E-state index in [0.717, 1.165) is 23.9 Å². The van der Waals surface area contributed by atoms with Crippen molar-refractivity contribution in [2.24, 2.45) is 0 Å². The maximum atomic E-state index is 13.6. The Labute approximate surface area is 98.1 Å². The summed E-state index contributed by atoms with van der Waals surface area (Å²) in [4.78, 5) is 4.21. The number of nitrogens with one attached hydrogen (secondary N) is 1. The quantitative estimate of drug-likeness (QED) is 0.889. The SMILES string of the molecule is CCNc1nc(C)cn1-c1cc(F)ccc1F. The highest BCUT2D eigenvalue weighted by Gasteiger charge is 2.11. The van der Waals surface area contributed by atoms with Crippen molar-refractivity contribution in [2.45, 2.75) is 13.8 Å². The van der Waals surface area contributed by atoms with E-state index < -0.39 is 11.6 Å². The molecule has 1 N–H and O–H groups in total. The molecule has 5 heteroatoms. The third-order valence-corrected chi connectivity index (χ3v) is 2.33. The highest BCUT2D eigenvalue weighted by molar-refractivity contribution is 5.44. The number of aromatic nitrogens is 2. The fraction of sp³-hybridized carbons (Fsp3) is 0.250. The number of hydrogen-bond donors (Lipinski definition) is 1. The monoisotopic (exact) mass is 237 g/mol. The third kappa shape index (κ3) is 2.27. The molecule has 0 aliphatic rings. The largest absolute Gasteiger partial charge is 0.356 e. The van der Waals surface area contributed by atoms with Gasteiger partial charge in [-0.3, -0.25) is 4.57 Å². The number of imidazole rings is 1. The summed E-state index contributed by atoms with van der Waals surface area (Å²) >= 11 is 0. The number of halogens is 2. The van der Waals surface area contributed by atoms with Gasteiger partial charge in [0.25, 0.3) is 0 Å². The second kappa shape index (κ2) is 4.53. The summed E-state index contributed by atoms with van der Waals surface area (Å²) in [5.41, 5.74) is 0.895. The smallest absolute Gasteiger partial charge is 0.207 e. The van der Waals surface area contributed by atoms with Gasteiger partial charge in [-0.2, -0.15) is 0 Å². The molecule has 0 saturated heterocycles. The molecule has 3 nitrogen and oxygen atoms in total. The van der Waals surface area contributed by atoms with E-state index in [1.807, 2.05) is 6.92 Å². The van der Waals surface area contributed by atoms with E-state index in [0.29, 0.717) is 12.5 Å². The molecule has 2 aromatic rings. The highest BCUT2D eigenvalue weighted by atomic mass is 19.1. The Bertz CT molecular complexity index is 535. The second-order valence-corrected chi connectivity index (χ2v) is 3.70. The highest BCUT2D eigenvalue weighted by Crippen LogP contribution is 2.20. The van der Waals surface area contributed by atoms with Crippen LogP contribution in [0.1, 0.15) is 12.6 Å². The zero-order valence-electron chi connectivity index (χ0n) is 9.67. The normalized spacial score (nSPS) is 10.6. The van der Waals surface area contributed by atoms with Crippen LogP contribution in [0.4, 0.5) is 14.7 Å². The van der Waals surface area contributed by atoms with Crippen LogP contribution in [0.2, 0.25) is 0 Å². The van der Waals surface area contributed by atoms with Crippen LogP contribution in [-0.4, -0.2) is 16.1 Å². The summed E-state index contributed by atoms with van der Waals surface area (Å²) in [6.45, 7) is 4.37. The number of anilines is 1. The van der Waals surface area contributed by atoms with Crippen LogP contribution in [0.5, 0.6) is 0 Å². The van der Waals surface area contributed by atoms with Crippen LogP contribution in [0.3, 0.4) is 0 Å². The Hall–Kier alpha value is -1.91. The van der Waals surface area contributed by atoms with Crippen molar-refractivity contribution in [1.29, 1.82) is 0 Å². The minimum absolute atomic E-state index is 0.154. The average Bonchev–Trinajstić information content (AvgIpc) is 2.64. The van der Waals surface area contributed by atoms with E-state index in [4.69, 9.17) is 0 Å². The molecular formula is C12H13F2N3. The van der Waals surface area contributed by atoms with Crippen molar-refractivity contribution in [1.82, 2.24) is 9.55 Å². The molecule has 2 rings (SSSR count). The van der Waals surface area contributed by atoms with E-state index in [1.54, 1.807) is 13.1 Å². The molecule has 90 valence electrons. The van der Waals surface area contributed by atoms with Gasteiger partial charge in [0, 0.05) is 18.8 Å². The van der Waals surface area contributed by atoms with Crippen LogP contribution >= 0.6 is 0 Å². The van der Waals surface area contributed by atoms with Gasteiger partial charge in [0.15, 0.2) is 0 Å². The maximum Gasteiger partial charge on any atom is 0.207 e.